The highest BCUT2D eigenvalue weighted by Gasteiger charge is 2.20. The van der Waals surface area contributed by atoms with Crippen LogP contribution in [0.4, 0.5) is 0 Å². The first-order valence-electron chi connectivity index (χ1n) is 4.85. The predicted octanol–water partition coefficient (Wildman–Crippen LogP) is 1.36. The molecule has 17 heavy (non-hydrogen) atoms. The van der Waals surface area contributed by atoms with Crippen LogP contribution in [0.5, 0.6) is 0 Å². The van der Waals surface area contributed by atoms with Crippen molar-refractivity contribution < 1.29 is 24.2 Å². The number of ether oxygens (including phenoxy) is 1. The molecule has 0 bridgehead atoms. The monoisotopic (exact) mass is 236 g/mol. The number of carboxylic acid groups (broad SMARTS) is 1. The maximum atomic E-state index is 11.4. The number of benzene rings is 1. The number of hydrogen-bond donors (Lipinski definition) is 1. The largest absolute Gasteiger partial charge is 0.475 e. The summed E-state index contributed by atoms with van der Waals surface area (Å²) in [7, 11) is 1.22. The van der Waals surface area contributed by atoms with Gasteiger partial charge in [0.25, 0.3) is 5.78 Å². The summed E-state index contributed by atoms with van der Waals surface area (Å²) in [6.45, 7) is 3.33. The number of carbonyl (C=O) groups is 3. The number of aliphatic carboxylic acids is 1. The quantitative estimate of drug-likeness (QED) is 0.487. The lowest BCUT2D eigenvalue weighted by atomic mass is 9.97. The Morgan fingerprint density at radius 1 is 1.18 bits per heavy atom. The maximum Gasteiger partial charge on any atom is 0.377 e. The fourth-order valence-electron chi connectivity index (χ4n) is 1.45. The van der Waals surface area contributed by atoms with Gasteiger partial charge in [0, 0.05) is 5.56 Å². The molecule has 90 valence electrons. The Labute approximate surface area is 98.0 Å². The van der Waals surface area contributed by atoms with Crippen LogP contribution in [0.2, 0.25) is 0 Å². The molecule has 0 aromatic heterocycles. The van der Waals surface area contributed by atoms with Crippen LogP contribution in [0.25, 0.3) is 0 Å². The summed E-state index contributed by atoms with van der Waals surface area (Å²) >= 11 is 0. The highest BCUT2D eigenvalue weighted by Crippen LogP contribution is 2.17. The van der Waals surface area contributed by atoms with Crippen molar-refractivity contribution in [2.45, 2.75) is 13.8 Å². The standard InChI is InChI=1S/C12H12O5/c1-6-4-8(12(16)17-3)5-9(7(6)2)10(13)11(14)15/h4-5H,1-3H3,(H,14,15). The smallest absolute Gasteiger partial charge is 0.377 e. The number of aryl methyl sites for hydroxylation is 1. The zero-order chi connectivity index (χ0) is 13.2. The third-order valence-electron chi connectivity index (χ3n) is 2.53. The van der Waals surface area contributed by atoms with Gasteiger partial charge in [0.1, 0.15) is 0 Å². The number of rotatable bonds is 3. The molecule has 0 fully saturated rings. The Hall–Kier alpha value is -2.17. The highest BCUT2D eigenvalue weighted by atomic mass is 16.5. The van der Waals surface area contributed by atoms with E-state index >= 15 is 0 Å². The number of carbonyl (C=O) groups excluding carboxylic acids is 2. The van der Waals surface area contributed by atoms with E-state index in [9.17, 15) is 14.4 Å². The van der Waals surface area contributed by atoms with Crippen LogP contribution < -0.4 is 0 Å². The van der Waals surface area contributed by atoms with Gasteiger partial charge in [-0.1, -0.05) is 0 Å². The Bertz CT molecular complexity index is 502. The topological polar surface area (TPSA) is 80.7 Å². The van der Waals surface area contributed by atoms with E-state index in [1.54, 1.807) is 19.9 Å². The second-order valence-electron chi connectivity index (χ2n) is 3.59. The fourth-order valence-corrected chi connectivity index (χ4v) is 1.45. The zero-order valence-electron chi connectivity index (χ0n) is 9.73. The van der Waals surface area contributed by atoms with E-state index in [1.165, 1.54) is 13.2 Å². The number of carboxylic acids is 1. The molecule has 5 nitrogen and oxygen atoms in total. The third-order valence-corrected chi connectivity index (χ3v) is 2.53. The molecular formula is C12H12O5. The van der Waals surface area contributed by atoms with Gasteiger partial charge < -0.3 is 9.84 Å². The molecule has 1 aromatic rings. The molecule has 1 N–H and O–H groups in total. The normalized spacial score (nSPS) is 9.82. The van der Waals surface area contributed by atoms with Gasteiger partial charge in [0.15, 0.2) is 0 Å². The van der Waals surface area contributed by atoms with Crippen molar-refractivity contribution in [3.05, 3.63) is 34.4 Å². The summed E-state index contributed by atoms with van der Waals surface area (Å²) < 4.78 is 4.53. The predicted molar refractivity (Wildman–Crippen MR) is 59.2 cm³/mol. The van der Waals surface area contributed by atoms with Crippen LogP contribution >= 0.6 is 0 Å². The average Bonchev–Trinajstić information content (AvgIpc) is 2.30. The molecule has 0 saturated heterocycles. The van der Waals surface area contributed by atoms with Crippen molar-refractivity contribution in [1.29, 1.82) is 0 Å². The van der Waals surface area contributed by atoms with Gasteiger partial charge in [-0.05, 0) is 37.1 Å². The minimum Gasteiger partial charge on any atom is -0.475 e. The molecule has 0 amide bonds. The molecule has 5 heteroatoms. The SMILES string of the molecule is COC(=O)c1cc(C)c(C)c(C(=O)C(=O)O)c1. The molecular weight excluding hydrogens is 224 g/mol. The van der Waals surface area contributed by atoms with E-state index in [4.69, 9.17) is 5.11 Å². The lowest BCUT2D eigenvalue weighted by molar-refractivity contribution is -0.131. The molecule has 1 rings (SSSR count). The van der Waals surface area contributed by atoms with E-state index in [-0.39, 0.29) is 11.1 Å². The molecule has 0 aliphatic carbocycles. The van der Waals surface area contributed by atoms with Crippen molar-refractivity contribution in [3.63, 3.8) is 0 Å². The van der Waals surface area contributed by atoms with E-state index in [2.05, 4.69) is 4.74 Å². The summed E-state index contributed by atoms with van der Waals surface area (Å²) in [6, 6.07) is 2.80. The number of esters is 1. The molecule has 0 aliphatic heterocycles. The van der Waals surface area contributed by atoms with Crippen molar-refractivity contribution in [2.75, 3.05) is 7.11 Å². The molecule has 0 spiro atoms. The molecule has 0 heterocycles. The first kappa shape index (κ1) is 12.9. The first-order valence-corrected chi connectivity index (χ1v) is 4.85. The maximum absolute atomic E-state index is 11.4. The van der Waals surface area contributed by atoms with Gasteiger partial charge in [0.05, 0.1) is 12.7 Å². The van der Waals surface area contributed by atoms with Crippen LogP contribution in [0.1, 0.15) is 31.8 Å². The molecule has 0 atom stereocenters. The molecule has 0 unspecified atom stereocenters. The number of ketones is 1. The lowest BCUT2D eigenvalue weighted by Crippen LogP contribution is -2.16. The van der Waals surface area contributed by atoms with Crippen LogP contribution in [0.15, 0.2) is 12.1 Å². The summed E-state index contributed by atoms with van der Waals surface area (Å²) in [6.07, 6.45) is 0. The van der Waals surface area contributed by atoms with E-state index in [0.717, 1.165) is 0 Å². The minimum absolute atomic E-state index is 0.0119. The molecule has 0 saturated carbocycles. The van der Waals surface area contributed by atoms with Gasteiger partial charge >= 0.3 is 11.9 Å². The van der Waals surface area contributed by atoms with E-state index in [0.29, 0.717) is 11.1 Å². The van der Waals surface area contributed by atoms with Crippen molar-refractivity contribution in [3.8, 4) is 0 Å². The fraction of sp³-hybridized carbons (Fsp3) is 0.250. The van der Waals surface area contributed by atoms with E-state index < -0.39 is 17.7 Å². The van der Waals surface area contributed by atoms with Crippen LogP contribution in [0, 0.1) is 13.8 Å². The summed E-state index contributed by atoms with van der Waals surface area (Å²) in [5.41, 5.74) is 1.39. The van der Waals surface area contributed by atoms with Gasteiger partial charge in [-0.15, -0.1) is 0 Å². The molecule has 0 aliphatic rings. The third kappa shape index (κ3) is 2.50. The number of methoxy groups -OCH3 is 1. The second kappa shape index (κ2) is 4.78. The number of hydrogen-bond acceptors (Lipinski definition) is 4. The summed E-state index contributed by atoms with van der Waals surface area (Å²) in [5, 5.41) is 8.67. The Kier molecular flexibility index (Phi) is 3.62. The minimum atomic E-state index is -1.55. The van der Waals surface area contributed by atoms with E-state index in [1.807, 2.05) is 0 Å². The van der Waals surface area contributed by atoms with Crippen LogP contribution in [-0.2, 0) is 9.53 Å². The average molecular weight is 236 g/mol. The van der Waals surface area contributed by atoms with Gasteiger partial charge in [-0.2, -0.15) is 0 Å². The highest BCUT2D eigenvalue weighted by molar-refractivity contribution is 6.40. The molecule has 0 radical (unpaired) electrons. The molecule has 1 aromatic carbocycles. The van der Waals surface area contributed by atoms with Crippen LogP contribution in [0.3, 0.4) is 0 Å². The van der Waals surface area contributed by atoms with Crippen LogP contribution in [-0.4, -0.2) is 29.9 Å². The van der Waals surface area contributed by atoms with Gasteiger partial charge in [-0.25, -0.2) is 9.59 Å². The number of Topliss-reactive ketones (excluding diaryl/α,β-unsaturated/α-hetero) is 1. The summed E-state index contributed by atoms with van der Waals surface area (Å²) in [4.78, 5) is 33.4. The van der Waals surface area contributed by atoms with Crippen molar-refractivity contribution >= 4 is 17.7 Å². The zero-order valence-corrected chi connectivity index (χ0v) is 9.73. The lowest BCUT2D eigenvalue weighted by Gasteiger charge is -2.08. The van der Waals surface area contributed by atoms with Crippen molar-refractivity contribution in [1.82, 2.24) is 0 Å². The Morgan fingerprint density at radius 2 is 1.76 bits per heavy atom. The van der Waals surface area contributed by atoms with Gasteiger partial charge in [0.2, 0.25) is 0 Å². The van der Waals surface area contributed by atoms with Gasteiger partial charge in [-0.3, -0.25) is 4.79 Å². The summed E-state index contributed by atoms with van der Waals surface area (Å²) in [5.74, 6) is -3.18. The van der Waals surface area contributed by atoms with Crippen molar-refractivity contribution in [2.24, 2.45) is 0 Å². The first-order chi connectivity index (χ1) is 7.88. The Balaban J connectivity index is 3.40. The Morgan fingerprint density at radius 3 is 2.24 bits per heavy atom. The second-order valence-corrected chi connectivity index (χ2v) is 3.59.